The van der Waals surface area contributed by atoms with Crippen LogP contribution in [0, 0.1) is 0 Å². The van der Waals surface area contributed by atoms with Crippen LogP contribution in [-0.4, -0.2) is 67.0 Å². The summed E-state index contributed by atoms with van der Waals surface area (Å²) >= 11 is 0. The lowest BCUT2D eigenvalue weighted by Gasteiger charge is -2.49. The second-order valence-electron chi connectivity index (χ2n) is 6.90. The quantitative estimate of drug-likeness (QED) is 0.354. The molecule has 0 spiro atoms. The molecular formula is C15H20N2O8S. The molecule has 2 aliphatic rings. The van der Waals surface area contributed by atoms with Crippen molar-refractivity contribution < 1.29 is 37.1 Å². The molecule has 1 N–H and O–H groups in total. The molecule has 2 rings (SSSR count). The average Bonchev–Trinajstić information content (AvgIpc) is 2.47. The van der Waals surface area contributed by atoms with E-state index in [0.717, 1.165) is 11.8 Å². The van der Waals surface area contributed by atoms with Gasteiger partial charge in [-0.25, -0.2) is 13.2 Å². The molecule has 1 fully saturated rings. The number of nitrogens with one attached hydrogen (secondary N) is 1. The number of rotatable bonds is 5. The van der Waals surface area contributed by atoms with E-state index in [9.17, 15) is 27.6 Å². The van der Waals surface area contributed by atoms with E-state index in [0.29, 0.717) is 0 Å². The van der Waals surface area contributed by atoms with Gasteiger partial charge in [-0.2, -0.15) is 0 Å². The Kier molecular flexibility index (Phi) is 5.13. The van der Waals surface area contributed by atoms with Gasteiger partial charge in [-0.15, -0.1) is 0 Å². The molecule has 2 amide bonds. The molecular weight excluding hydrogens is 368 g/mol. The van der Waals surface area contributed by atoms with Crippen LogP contribution in [0.5, 0.6) is 0 Å². The van der Waals surface area contributed by atoms with Crippen LogP contribution in [0.4, 0.5) is 0 Å². The third-order valence-electron chi connectivity index (χ3n) is 3.65. The SMILES string of the molecule is CC(=O)OCC1=C(C(=O)OC(C)(C)C)N2C(=O)[C@H](NC=O)C2S(=O)(=O)C1. The van der Waals surface area contributed by atoms with Crippen LogP contribution >= 0.6 is 0 Å². The van der Waals surface area contributed by atoms with Gasteiger partial charge < -0.3 is 14.8 Å². The number of hydrogen-bond acceptors (Lipinski definition) is 8. The third-order valence-corrected chi connectivity index (χ3v) is 5.62. The van der Waals surface area contributed by atoms with Crippen LogP contribution < -0.4 is 5.32 Å². The molecule has 0 aromatic heterocycles. The zero-order valence-electron chi connectivity index (χ0n) is 14.8. The highest BCUT2D eigenvalue weighted by Crippen LogP contribution is 2.37. The lowest BCUT2D eigenvalue weighted by Crippen LogP contribution is -2.74. The fraction of sp³-hybridized carbons (Fsp3) is 0.600. The van der Waals surface area contributed by atoms with Crippen molar-refractivity contribution in [2.45, 2.75) is 44.7 Å². The van der Waals surface area contributed by atoms with E-state index < -0.39 is 57.1 Å². The summed E-state index contributed by atoms with van der Waals surface area (Å²) < 4.78 is 35.1. The highest BCUT2D eigenvalue weighted by atomic mass is 32.2. The second kappa shape index (κ2) is 6.71. The topological polar surface area (TPSA) is 136 Å². The van der Waals surface area contributed by atoms with Crippen LogP contribution in [0.15, 0.2) is 11.3 Å². The maximum atomic E-state index is 12.6. The maximum absolute atomic E-state index is 12.6. The first-order valence-electron chi connectivity index (χ1n) is 7.72. The summed E-state index contributed by atoms with van der Waals surface area (Å²) in [5, 5.41) is 0.749. The van der Waals surface area contributed by atoms with Gasteiger partial charge in [-0.05, 0) is 20.8 Å². The molecule has 2 aliphatic heterocycles. The number of fused-ring (bicyclic) bond motifs is 1. The summed E-state index contributed by atoms with van der Waals surface area (Å²) in [6.45, 7) is 5.51. The van der Waals surface area contributed by atoms with Crippen molar-refractivity contribution in [2.75, 3.05) is 12.4 Å². The molecule has 0 saturated carbocycles. The van der Waals surface area contributed by atoms with Crippen molar-refractivity contribution in [2.24, 2.45) is 0 Å². The minimum atomic E-state index is -3.91. The van der Waals surface area contributed by atoms with Crippen LogP contribution in [0.3, 0.4) is 0 Å². The Morgan fingerprint density at radius 1 is 1.35 bits per heavy atom. The van der Waals surface area contributed by atoms with Crippen LogP contribution in [0.25, 0.3) is 0 Å². The Hall–Kier alpha value is -2.43. The van der Waals surface area contributed by atoms with E-state index in [-0.39, 0.29) is 17.7 Å². The first kappa shape index (κ1) is 19.9. The number of amides is 2. The van der Waals surface area contributed by atoms with Crippen molar-refractivity contribution >= 4 is 34.1 Å². The minimum Gasteiger partial charge on any atom is -0.461 e. The number of carbonyl (C=O) groups is 4. The largest absolute Gasteiger partial charge is 0.461 e. The standard InChI is InChI=1S/C15H20N2O8S/c1-8(19)24-5-9-6-26(22,23)13-10(16-7-18)12(20)17(13)11(9)14(21)25-15(2,3)4/h7,10,13H,5-6H2,1-4H3,(H,16,18)/t10-,13?/m0/s1. The van der Waals surface area contributed by atoms with E-state index >= 15 is 0 Å². The van der Waals surface area contributed by atoms with Gasteiger partial charge in [-0.1, -0.05) is 0 Å². The molecule has 0 aromatic rings. The zero-order chi connectivity index (χ0) is 19.9. The van der Waals surface area contributed by atoms with Gasteiger partial charge in [-0.3, -0.25) is 19.3 Å². The molecule has 144 valence electrons. The zero-order valence-corrected chi connectivity index (χ0v) is 15.6. The number of hydrogen-bond donors (Lipinski definition) is 1. The summed E-state index contributed by atoms with van der Waals surface area (Å²) in [6.07, 6.45) is 0.223. The molecule has 0 aliphatic carbocycles. The smallest absolute Gasteiger partial charge is 0.355 e. The second-order valence-corrected chi connectivity index (χ2v) is 9.00. The fourth-order valence-electron chi connectivity index (χ4n) is 2.73. The Labute approximate surface area is 150 Å². The van der Waals surface area contributed by atoms with Crippen molar-refractivity contribution in [3.63, 3.8) is 0 Å². The molecule has 0 radical (unpaired) electrons. The monoisotopic (exact) mass is 388 g/mol. The number of esters is 2. The van der Waals surface area contributed by atoms with E-state index in [1.165, 1.54) is 0 Å². The number of sulfone groups is 1. The number of β-lactam (4-membered cyclic amide) rings is 1. The van der Waals surface area contributed by atoms with Gasteiger partial charge in [0.25, 0.3) is 5.91 Å². The van der Waals surface area contributed by atoms with Crippen LogP contribution in [0.2, 0.25) is 0 Å². The highest BCUT2D eigenvalue weighted by molar-refractivity contribution is 7.92. The van der Waals surface area contributed by atoms with E-state index in [2.05, 4.69) is 5.32 Å². The predicted molar refractivity (Wildman–Crippen MR) is 86.9 cm³/mol. The molecule has 1 unspecified atom stereocenters. The Morgan fingerprint density at radius 3 is 2.46 bits per heavy atom. The van der Waals surface area contributed by atoms with Crippen molar-refractivity contribution in [3.05, 3.63) is 11.3 Å². The van der Waals surface area contributed by atoms with Gasteiger partial charge in [0, 0.05) is 12.5 Å². The Morgan fingerprint density at radius 2 is 1.96 bits per heavy atom. The molecule has 1 saturated heterocycles. The Bertz CT molecular complexity index is 793. The lowest BCUT2D eigenvalue weighted by atomic mass is 10.0. The first-order chi connectivity index (χ1) is 11.9. The maximum Gasteiger partial charge on any atom is 0.355 e. The normalized spacial score (nSPS) is 24.3. The molecule has 0 aromatic carbocycles. The Balaban J connectivity index is 2.50. The van der Waals surface area contributed by atoms with Gasteiger partial charge in [0.2, 0.25) is 6.41 Å². The average molecular weight is 388 g/mol. The molecule has 26 heavy (non-hydrogen) atoms. The molecule has 2 heterocycles. The molecule has 10 nitrogen and oxygen atoms in total. The van der Waals surface area contributed by atoms with Crippen LogP contribution in [0.1, 0.15) is 27.7 Å². The van der Waals surface area contributed by atoms with Gasteiger partial charge in [0.1, 0.15) is 23.9 Å². The lowest BCUT2D eigenvalue weighted by molar-refractivity contribution is -0.159. The summed E-state index contributed by atoms with van der Waals surface area (Å²) in [6, 6.07) is -1.27. The fourth-order valence-corrected chi connectivity index (χ4v) is 4.75. The molecule has 0 bridgehead atoms. The predicted octanol–water partition coefficient (Wildman–Crippen LogP) is -1.14. The number of ether oxygens (including phenoxy) is 2. The van der Waals surface area contributed by atoms with Crippen molar-refractivity contribution in [1.82, 2.24) is 10.2 Å². The van der Waals surface area contributed by atoms with Crippen molar-refractivity contribution in [3.8, 4) is 0 Å². The summed E-state index contributed by atoms with van der Waals surface area (Å²) in [7, 11) is -3.91. The van der Waals surface area contributed by atoms with E-state index in [1.807, 2.05) is 0 Å². The molecule has 2 atom stereocenters. The summed E-state index contributed by atoms with van der Waals surface area (Å²) in [4.78, 5) is 47.4. The highest BCUT2D eigenvalue weighted by Gasteiger charge is 2.60. The summed E-state index contributed by atoms with van der Waals surface area (Å²) in [5.41, 5.74) is -1.21. The van der Waals surface area contributed by atoms with Gasteiger partial charge in [0.15, 0.2) is 15.2 Å². The van der Waals surface area contributed by atoms with E-state index in [1.54, 1.807) is 20.8 Å². The minimum absolute atomic E-state index is 0.0522. The van der Waals surface area contributed by atoms with Gasteiger partial charge >= 0.3 is 11.9 Å². The third kappa shape index (κ3) is 3.71. The first-order valence-corrected chi connectivity index (χ1v) is 9.43. The summed E-state index contributed by atoms with van der Waals surface area (Å²) in [5.74, 6) is -2.93. The van der Waals surface area contributed by atoms with Gasteiger partial charge in [0.05, 0.1) is 5.75 Å². The number of carbonyl (C=O) groups excluding carboxylic acids is 4. The van der Waals surface area contributed by atoms with Crippen LogP contribution in [-0.2, 0) is 38.5 Å². The van der Waals surface area contributed by atoms with E-state index in [4.69, 9.17) is 9.47 Å². The molecule has 11 heteroatoms. The van der Waals surface area contributed by atoms with Crippen molar-refractivity contribution in [1.29, 1.82) is 0 Å². The number of nitrogens with zero attached hydrogens (tertiary/aromatic N) is 1.